The fourth-order valence-electron chi connectivity index (χ4n) is 3.05. The Morgan fingerprint density at radius 1 is 0.821 bits per heavy atom. The molecule has 2 aromatic rings. The largest absolute Gasteiger partial charge is 0.382 e. The van der Waals surface area contributed by atoms with E-state index in [1.807, 2.05) is 36.4 Å². The molecule has 0 saturated heterocycles. The van der Waals surface area contributed by atoms with Crippen LogP contribution in [0.4, 0.5) is 0 Å². The summed E-state index contributed by atoms with van der Waals surface area (Å²) >= 11 is 0. The van der Waals surface area contributed by atoms with E-state index < -0.39 is 11.1 Å². The van der Waals surface area contributed by atoms with E-state index in [4.69, 9.17) is 0 Å². The molecule has 148 valence electrons. The van der Waals surface area contributed by atoms with Crippen LogP contribution in [0.5, 0.6) is 0 Å². The number of benzene rings is 2. The number of rotatable bonds is 7. The lowest BCUT2D eigenvalue weighted by Gasteiger charge is -2.27. The number of hydrogen-bond acceptors (Lipinski definition) is 4. The molecule has 0 unspecified atom stereocenters. The highest BCUT2D eigenvalue weighted by molar-refractivity contribution is 6.01. The Kier molecular flexibility index (Phi) is 5.77. The van der Waals surface area contributed by atoms with E-state index in [-0.39, 0.29) is 11.2 Å². The Hall–Kier alpha value is -2.59. The van der Waals surface area contributed by atoms with Crippen molar-refractivity contribution >= 4 is 11.4 Å². The molecule has 0 aliphatic rings. The van der Waals surface area contributed by atoms with Gasteiger partial charge in [0.2, 0.25) is 0 Å². The normalized spacial score (nSPS) is 12.5. The summed E-state index contributed by atoms with van der Waals surface area (Å²) in [5.74, 6) is -0.300. The predicted octanol–water partition coefficient (Wildman–Crippen LogP) is 5.52. The zero-order chi connectivity index (χ0) is 21.3. The molecule has 28 heavy (non-hydrogen) atoms. The summed E-state index contributed by atoms with van der Waals surface area (Å²) < 4.78 is 0. The molecule has 0 saturated carbocycles. The first-order valence-electron chi connectivity index (χ1n) is 9.33. The third-order valence-electron chi connectivity index (χ3n) is 5.35. The van der Waals surface area contributed by atoms with E-state index in [2.05, 4.69) is 25.6 Å². The third kappa shape index (κ3) is 4.28. The molecule has 0 bridgehead atoms. The van der Waals surface area contributed by atoms with Crippen LogP contribution in [0, 0.1) is 4.91 Å². The zero-order valence-corrected chi connectivity index (χ0v) is 17.5. The Morgan fingerprint density at radius 3 is 1.57 bits per heavy atom. The molecule has 0 aliphatic heterocycles. The molecule has 2 aromatic carbocycles. The first-order chi connectivity index (χ1) is 12.8. The summed E-state index contributed by atoms with van der Waals surface area (Å²) in [6, 6.07) is 15.3. The molecule has 0 amide bonds. The van der Waals surface area contributed by atoms with Crippen LogP contribution in [0.3, 0.4) is 0 Å². The van der Waals surface area contributed by atoms with Gasteiger partial charge in [0.05, 0.1) is 0 Å². The maximum absolute atomic E-state index is 12.2. The van der Waals surface area contributed by atoms with E-state index >= 15 is 0 Å². The summed E-state index contributed by atoms with van der Waals surface area (Å²) in [6.45, 7) is 14.7. The predicted molar refractivity (Wildman–Crippen MR) is 115 cm³/mol. The summed E-state index contributed by atoms with van der Waals surface area (Å²) in [7, 11) is 0. The molecule has 0 spiro atoms. The second-order valence-electron chi connectivity index (χ2n) is 8.80. The number of Topliss-reactive ketones (excluding diaryl/α,β-unsaturated/α-hetero) is 1. The van der Waals surface area contributed by atoms with Crippen LogP contribution in [0.2, 0.25) is 0 Å². The SMILES string of the molecule is C=C(c1ccc(C(C)(C)c2ccc(C(=O)C(C)(C)O)cc2)cc1)C(C)(C)N=O. The number of carbonyl (C=O) groups excluding carboxylic acids is 1. The minimum atomic E-state index is -1.39. The van der Waals surface area contributed by atoms with Gasteiger partial charge in [0.25, 0.3) is 0 Å². The molecule has 0 atom stereocenters. The number of aliphatic hydroxyl groups is 1. The molecule has 0 fully saturated rings. The van der Waals surface area contributed by atoms with Crippen LogP contribution in [-0.2, 0) is 5.41 Å². The Balaban J connectivity index is 2.31. The van der Waals surface area contributed by atoms with E-state index in [9.17, 15) is 14.8 Å². The number of hydrogen-bond donors (Lipinski definition) is 1. The van der Waals surface area contributed by atoms with Crippen molar-refractivity contribution in [2.75, 3.05) is 0 Å². The standard InChI is InChI=1S/C24H29NO3/c1-16(23(4,5)25-28)17-8-12-19(13-9-17)22(2,3)20-14-10-18(11-15-20)21(26)24(6,7)27/h8-15,27H,1H2,2-7H3. The fraction of sp³-hybridized carbons (Fsp3) is 0.375. The number of carbonyl (C=O) groups is 1. The van der Waals surface area contributed by atoms with Crippen molar-refractivity contribution in [3.63, 3.8) is 0 Å². The molecular formula is C24H29NO3. The first-order valence-corrected chi connectivity index (χ1v) is 9.33. The summed E-state index contributed by atoms with van der Waals surface area (Å²) in [5.41, 5.74) is 1.69. The van der Waals surface area contributed by atoms with E-state index in [0.29, 0.717) is 11.1 Å². The Labute approximate surface area is 167 Å². The van der Waals surface area contributed by atoms with Gasteiger partial charge in [0, 0.05) is 11.0 Å². The average Bonchev–Trinajstić information content (AvgIpc) is 2.66. The van der Waals surface area contributed by atoms with Gasteiger partial charge in [-0.1, -0.05) is 74.1 Å². The molecule has 1 N–H and O–H groups in total. The maximum atomic E-state index is 12.2. The van der Waals surface area contributed by atoms with E-state index in [1.165, 1.54) is 13.8 Å². The quantitative estimate of drug-likeness (QED) is 0.508. The molecule has 4 heteroatoms. The van der Waals surface area contributed by atoms with Gasteiger partial charge in [0.1, 0.15) is 11.1 Å². The molecule has 2 rings (SSSR count). The fourth-order valence-corrected chi connectivity index (χ4v) is 3.05. The first kappa shape index (κ1) is 21.7. The minimum absolute atomic E-state index is 0.283. The highest BCUT2D eigenvalue weighted by Crippen LogP contribution is 2.34. The van der Waals surface area contributed by atoms with Crippen molar-refractivity contribution in [2.24, 2.45) is 5.18 Å². The third-order valence-corrected chi connectivity index (χ3v) is 5.35. The molecule has 0 radical (unpaired) electrons. The van der Waals surface area contributed by atoms with Crippen molar-refractivity contribution in [3.05, 3.63) is 82.3 Å². The van der Waals surface area contributed by atoms with Gasteiger partial charge in [-0.05, 0) is 50.0 Å². The van der Waals surface area contributed by atoms with Gasteiger partial charge in [-0.2, -0.15) is 0 Å². The minimum Gasteiger partial charge on any atom is -0.382 e. The molecule has 0 heterocycles. The monoisotopic (exact) mass is 379 g/mol. The molecule has 0 aromatic heterocycles. The number of nitrogens with zero attached hydrogens (tertiary/aromatic N) is 1. The van der Waals surface area contributed by atoms with Crippen LogP contribution in [-0.4, -0.2) is 22.0 Å². The lowest BCUT2D eigenvalue weighted by atomic mass is 9.77. The zero-order valence-electron chi connectivity index (χ0n) is 17.5. The number of ketones is 1. The van der Waals surface area contributed by atoms with Gasteiger partial charge < -0.3 is 5.11 Å². The highest BCUT2D eigenvalue weighted by Gasteiger charge is 2.28. The molecular weight excluding hydrogens is 350 g/mol. The molecule has 0 aliphatic carbocycles. The summed E-state index contributed by atoms with van der Waals surface area (Å²) in [4.78, 5) is 23.3. The van der Waals surface area contributed by atoms with Crippen LogP contribution in [0.15, 0.2) is 60.3 Å². The van der Waals surface area contributed by atoms with Gasteiger partial charge in [-0.3, -0.25) is 4.79 Å². The lowest BCUT2D eigenvalue weighted by Crippen LogP contribution is -2.31. The molecule has 4 nitrogen and oxygen atoms in total. The van der Waals surface area contributed by atoms with Crippen LogP contribution >= 0.6 is 0 Å². The second kappa shape index (κ2) is 7.44. The Morgan fingerprint density at radius 2 is 1.21 bits per heavy atom. The highest BCUT2D eigenvalue weighted by atomic mass is 16.3. The maximum Gasteiger partial charge on any atom is 0.193 e. The van der Waals surface area contributed by atoms with Crippen molar-refractivity contribution < 1.29 is 9.90 Å². The Bertz CT molecular complexity index is 883. The van der Waals surface area contributed by atoms with E-state index in [0.717, 1.165) is 16.7 Å². The average molecular weight is 380 g/mol. The summed E-state index contributed by atoms with van der Waals surface area (Å²) in [6.07, 6.45) is 0. The smallest absolute Gasteiger partial charge is 0.193 e. The van der Waals surface area contributed by atoms with Crippen LogP contribution in [0.25, 0.3) is 5.57 Å². The van der Waals surface area contributed by atoms with Crippen molar-refractivity contribution in [2.45, 2.75) is 58.1 Å². The summed E-state index contributed by atoms with van der Waals surface area (Å²) in [5, 5.41) is 13.1. The van der Waals surface area contributed by atoms with Crippen LogP contribution < -0.4 is 0 Å². The second-order valence-corrected chi connectivity index (χ2v) is 8.80. The van der Waals surface area contributed by atoms with Crippen molar-refractivity contribution in [3.8, 4) is 0 Å². The van der Waals surface area contributed by atoms with Gasteiger partial charge >= 0.3 is 0 Å². The van der Waals surface area contributed by atoms with Crippen LogP contribution in [0.1, 0.15) is 68.6 Å². The van der Waals surface area contributed by atoms with Gasteiger partial charge in [-0.25, -0.2) is 0 Å². The van der Waals surface area contributed by atoms with Gasteiger partial charge in [0.15, 0.2) is 5.78 Å². The van der Waals surface area contributed by atoms with Gasteiger partial charge in [-0.15, -0.1) is 4.91 Å². The number of nitroso groups, excluding NO2 is 1. The van der Waals surface area contributed by atoms with Crippen molar-refractivity contribution in [1.82, 2.24) is 0 Å². The topological polar surface area (TPSA) is 66.7 Å². The van der Waals surface area contributed by atoms with Crippen molar-refractivity contribution in [1.29, 1.82) is 0 Å². The lowest BCUT2D eigenvalue weighted by molar-refractivity contribution is 0.0488. The van der Waals surface area contributed by atoms with E-state index in [1.54, 1.807) is 26.0 Å².